The lowest BCUT2D eigenvalue weighted by Crippen LogP contribution is -2.28. The Morgan fingerprint density at radius 1 is 0.812 bits per heavy atom. The Labute approximate surface area is 185 Å². The van der Waals surface area contributed by atoms with E-state index in [-0.39, 0.29) is 28.4 Å². The molecule has 2 N–H and O–H groups in total. The van der Waals surface area contributed by atoms with Crippen molar-refractivity contribution < 1.29 is 24.3 Å². The summed E-state index contributed by atoms with van der Waals surface area (Å²) in [4.78, 5) is 39.2. The van der Waals surface area contributed by atoms with Crippen LogP contribution in [0.4, 0.5) is 11.4 Å². The van der Waals surface area contributed by atoms with Crippen molar-refractivity contribution in [2.75, 3.05) is 31.6 Å². The van der Waals surface area contributed by atoms with E-state index in [0.717, 1.165) is 0 Å². The van der Waals surface area contributed by atoms with E-state index in [9.17, 15) is 19.6 Å². The van der Waals surface area contributed by atoms with Gasteiger partial charge in [-0.3, -0.25) is 19.6 Å². The maximum absolute atomic E-state index is 12.7. The Morgan fingerprint density at radius 2 is 1.47 bits per heavy atom. The van der Waals surface area contributed by atoms with Crippen molar-refractivity contribution in [3.05, 3.63) is 89.5 Å². The third kappa shape index (κ3) is 5.11. The third-order valence-electron chi connectivity index (χ3n) is 4.64. The summed E-state index contributed by atoms with van der Waals surface area (Å²) < 4.78 is 5.09. The number of hydrogen-bond acceptors (Lipinski definition) is 5. The summed E-state index contributed by atoms with van der Waals surface area (Å²) in [7, 11) is 4.69. The highest BCUT2D eigenvalue weighted by Crippen LogP contribution is 2.25. The molecule has 164 valence electrons. The SMILES string of the molecule is COc1ccc(C(=O)Nc2cc(C(=O)N(C)C)cc(N(O)C(=O)c3ccccc3)c2)cc1. The Kier molecular flexibility index (Phi) is 6.87. The molecule has 0 saturated heterocycles. The van der Waals surface area contributed by atoms with Crippen molar-refractivity contribution in [2.24, 2.45) is 0 Å². The van der Waals surface area contributed by atoms with Crippen molar-refractivity contribution in [3.8, 4) is 5.75 Å². The Balaban J connectivity index is 1.94. The number of rotatable bonds is 6. The van der Waals surface area contributed by atoms with Gasteiger partial charge >= 0.3 is 0 Å². The van der Waals surface area contributed by atoms with Crippen LogP contribution >= 0.6 is 0 Å². The fourth-order valence-corrected chi connectivity index (χ4v) is 2.95. The molecule has 3 aromatic rings. The van der Waals surface area contributed by atoms with E-state index in [4.69, 9.17) is 4.74 Å². The fraction of sp³-hybridized carbons (Fsp3) is 0.125. The number of benzene rings is 3. The monoisotopic (exact) mass is 433 g/mol. The van der Waals surface area contributed by atoms with Gasteiger partial charge in [-0.05, 0) is 54.6 Å². The van der Waals surface area contributed by atoms with Gasteiger partial charge in [0.25, 0.3) is 17.7 Å². The van der Waals surface area contributed by atoms with Crippen LogP contribution in [0, 0.1) is 0 Å². The van der Waals surface area contributed by atoms with Crippen molar-refractivity contribution in [3.63, 3.8) is 0 Å². The fourth-order valence-electron chi connectivity index (χ4n) is 2.95. The molecule has 3 aromatic carbocycles. The molecule has 0 spiro atoms. The van der Waals surface area contributed by atoms with Gasteiger partial charge in [-0.25, -0.2) is 0 Å². The Morgan fingerprint density at radius 3 is 2.06 bits per heavy atom. The van der Waals surface area contributed by atoms with Crippen molar-refractivity contribution in [2.45, 2.75) is 0 Å². The van der Waals surface area contributed by atoms with Gasteiger partial charge in [-0.1, -0.05) is 18.2 Å². The summed E-state index contributed by atoms with van der Waals surface area (Å²) >= 11 is 0. The number of anilines is 2. The number of ether oxygens (including phenoxy) is 1. The molecule has 0 aliphatic rings. The minimum absolute atomic E-state index is 0.0385. The first kappa shape index (κ1) is 22.5. The summed E-state index contributed by atoms with van der Waals surface area (Å²) in [6, 6.07) is 19.0. The summed E-state index contributed by atoms with van der Waals surface area (Å²) in [5, 5.41) is 13.7. The number of methoxy groups -OCH3 is 1. The standard InChI is InChI=1S/C24H23N3O5/c1-26(2)23(29)18-13-19(25-22(28)16-9-11-21(32-3)12-10-16)15-20(14-18)27(31)24(30)17-7-5-4-6-8-17/h4-15,31H,1-3H3,(H,25,28). The molecule has 0 saturated carbocycles. The molecule has 0 radical (unpaired) electrons. The first-order valence-corrected chi connectivity index (χ1v) is 9.70. The van der Waals surface area contributed by atoms with Crippen LogP contribution in [0.2, 0.25) is 0 Å². The zero-order valence-electron chi connectivity index (χ0n) is 17.9. The van der Waals surface area contributed by atoms with Crippen molar-refractivity contribution >= 4 is 29.1 Å². The van der Waals surface area contributed by atoms with Crippen LogP contribution in [0.5, 0.6) is 5.75 Å². The Bertz CT molecular complexity index is 1130. The van der Waals surface area contributed by atoms with Gasteiger partial charge in [0, 0.05) is 36.5 Å². The zero-order chi connectivity index (χ0) is 23.3. The number of nitrogens with one attached hydrogen (secondary N) is 1. The van der Waals surface area contributed by atoms with Crippen LogP contribution in [0.3, 0.4) is 0 Å². The van der Waals surface area contributed by atoms with Gasteiger partial charge in [0.05, 0.1) is 12.8 Å². The van der Waals surface area contributed by atoms with Crippen molar-refractivity contribution in [1.29, 1.82) is 0 Å². The summed E-state index contributed by atoms with van der Waals surface area (Å²) in [5.41, 5.74) is 1.11. The van der Waals surface area contributed by atoms with Crippen LogP contribution < -0.4 is 15.1 Å². The second kappa shape index (κ2) is 9.76. The average molecular weight is 433 g/mol. The van der Waals surface area contributed by atoms with E-state index in [0.29, 0.717) is 16.4 Å². The molecule has 0 aliphatic carbocycles. The van der Waals surface area contributed by atoms with Gasteiger partial charge < -0.3 is 15.0 Å². The van der Waals surface area contributed by atoms with E-state index in [1.807, 2.05) is 0 Å². The molecule has 0 unspecified atom stereocenters. The summed E-state index contributed by atoms with van der Waals surface area (Å²) in [6.07, 6.45) is 0. The van der Waals surface area contributed by atoms with Gasteiger partial charge in [-0.2, -0.15) is 5.06 Å². The normalized spacial score (nSPS) is 10.2. The predicted molar refractivity (Wildman–Crippen MR) is 120 cm³/mol. The highest BCUT2D eigenvalue weighted by molar-refractivity contribution is 6.08. The molecular formula is C24H23N3O5. The molecule has 0 atom stereocenters. The first-order valence-electron chi connectivity index (χ1n) is 9.70. The predicted octanol–water partition coefficient (Wildman–Crippen LogP) is 3.69. The van der Waals surface area contributed by atoms with E-state index < -0.39 is 11.8 Å². The molecule has 0 aromatic heterocycles. The number of amides is 3. The van der Waals surface area contributed by atoms with Gasteiger partial charge in [0.15, 0.2) is 0 Å². The lowest BCUT2D eigenvalue weighted by Gasteiger charge is -2.19. The average Bonchev–Trinajstić information content (AvgIpc) is 2.82. The molecule has 32 heavy (non-hydrogen) atoms. The minimum Gasteiger partial charge on any atom is -0.497 e. The molecule has 8 nitrogen and oxygen atoms in total. The van der Waals surface area contributed by atoms with Crippen LogP contribution in [-0.2, 0) is 0 Å². The second-order valence-electron chi connectivity index (χ2n) is 7.13. The lowest BCUT2D eigenvalue weighted by molar-refractivity contribution is 0.0822. The van der Waals surface area contributed by atoms with E-state index >= 15 is 0 Å². The number of carbonyl (C=O) groups excluding carboxylic acids is 3. The second-order valence-corrected chi connectivity index (χ2v) is 7.13. The van der Waals surface area contributed by atoms with E-state index in [2.05, 4.69) is 5.32 Å². The van der Waals surface area contributed by atoms with Crippen molar-refractivity contribution in [1.82, 2.24) is 4.90 Å². The van der Waals surface area contributed by atoms with Crippen LogP contribution in [0.25, 0.3) is 0 Å². The van der Waals surface area contributed by atoms with Crippen LogP contribution in [0.15, 0.2) is 72.8 Å². The minimum atomic E-state index is -0.674. The quantitative estimate of drug-likeness (QED) is 0.456. The molecule has 0 fully saturated rings. The maximum Gasteiger partial charge on any atom is 0.281 e. The summed E-state index contributed by atoms with van der Waals surface area (Å²) in [5.74, 6) is -0.843. The number of hydroxylamine groups is 1. The zero-order valence-corrected chi connectivity index (χ0v) is 17.9. The summed E-state index contributed by atoms with van der Waals surface area (Å²) in [6.45, 7) is 0. The molecule has 3 amide bonds. The molecular weight excluding hydrogens is 410 g/mol. The third-order valence-corrected chi connectivity index (χ3v) is 4.64. The van der Waals surface area contributed by atoms with E-state index in [1.54, 1.807) is 68.7 Å². The highest BCUT2D eigenvalue weighted by atomic mass is 16.5. The van der Waals surface area contributed by atoms with Crippen LogP contribution in [-0.4, -0.2) is 49.0 Å². The topological polar surface area (TPSA) is 99.2 Å². The number of carbonyl (C=O) groups is 3. The molecule has 8 heteroatoms. The number of nitrogens with zero attached hydrogens (tertiary/aromatic N) is 2. The van der Waals surface area contributed by atoms with Gasteiger partial charge in [0.1, 0.15) is 5.75 Å². The molecule has 0 bridgehead atoms. The molecule has 0 aliphatic heterocycles. The first-order chi connectivity index (χ1) is 15.3. The smallest absolute Gasteiger partial charge is 0.281 e. The maximum atomic E-state index is 12.7. The lowest BCUT2D eigenvalue weighted by atomic mass is 10.1. The largest absolute Gasteiger partial charge is 0.497 e. The van der Waals surface area contributed by atoms with Gasteiger partial charge in [-0.15, -0.1) is 0 Å². The van der Waals surface area contributed by atoms with Gasteiger partial charge in [0.2, 0.25) is 0 Å². The van der Waals surface area contributed by atoms with Crippen LogP contribution in [0.1, 0.15) is 31.1 Å². The number of hydrogen-bond donors (Lipinski definition) is 2. The molecule has 3 rings (SSSR count). The highest BCUT2D eigenvalue weighted by Gasteiger charge is 2.20. The molecule has 0 heterocycles. The van der Waals surface area contributed by atoms with E-state index in [1.165, 1.54) is 30.2 Å². The Hall–Kier alpha value is -4.17.